The van der Waals surface area contributed by atoms with Gasteiger partial charge in [0.1, 0.15) is 0 Å². The summed E-state index contributed by atoms with van der Waals surface area (Å²) in [5.41, 5.74) is 0. The Morgan fingerprint density at radius 3 is 2.75 bits per heavy atom. The Morgan fingerprint density at radius 2 is 2.50 bits per heavy atom. The first-order valence-electron chi connectivity index (χ1n) is 2.31. The van der Waals surface area contributed by atoms with E-state index < -0.39 is 0 Å². The average Bonchev–Trinajstić information content (AvgIpc) is 2.14. The third kappa shape index (κ3) is 0.980. The molecule has 0 saturated heterocycles. The minimum Gasteiger partial charge on any atom is -0.321 e. The lowest BCUT2D eigenvalue weighted by atomic mass is 10.5. The predicted molar refractivity (Wildman–Crippen MR) is 28.7 cm³/mol. The molecule has 1 heterocycles. The highest BCUT2D eigenvalue weighted by Crippen LogP contribution is 2.02. The van der Waals surface area contributed by atoms with Gasteiger partial charge >= 0.3 is 5.35 Å². The van der Waals surface area contributed by atoms with Crippen molar-refractivity contribution in [1.82, 2.24) is 10.1 Å². The van der Waals surface area contributed by atoms with Gasteiger partial charge in [0.2, 0.25) is 0 Å². The Hall–Kier alpha value is -0.570. The molecule has 4 heteroatoms. The van der Waals surface area contributed by atoms with Gasteiger partial charge in [0.25, 0.3) is 0 Å². The zero-order valence-corrected chi connectivity index (χ0v) is 5.14. The van der Waals surface area contributed by atoms with Gasteiger partial charge in [0.05, 0.1) is 0 Å². The molecular formula is C4H5ClN2O. The molecule has 0 atom stereocenters. The average molecular weight is 133 g/mol. The molecule has 0 aliphatic rings. The third-order valence-electron chi connectivity index (χ3n) is 0.760. The zero-order chi connectivity index (χ0) is 5.98. The Labute approximate surface area is 51.6 Å². The van der Waals surface area contributed by atoms with Crippen LogP contribution in [0.25, 0.3) is 0 Å². The molecule has 0 unspecified atom stereocenters. The largest absolute Gasteiger partial charge is 0.321 e. The molecule has 0 fully saturated rings. The van der Waals surface area contributed by atoms with Crippen molar-refractivity contribution in [2.75, 3.05) is 0 Å². The first kappa shape index (κ1) is 5.56. The normalized spacial score (nSPS) is 9.75. The van der Waals surface area contributed by atoms with Crippen LogP contribution in [0, 0.1) is 0 Å². The predicted octanol–water partition coefficient (Wildman–Crippen LogP) is 1.29. The summed E-state index contributed by atoms with van der Waals surface area (Å²) < 4.78 is 4.46. The first-order valence-corrected chi connectivity index (χ1v) is 2.69. The summed E-state index contributed by atoms with van der Waals surface area (Å²) >= 11 is 5.30. The lowest BCUT2D eigenvalue weighted by Gasteiger charge is -1.73. The monoisotopic (exact) mass is 132 g/mol. The number of aryl methyl sites for hydroxylation is 1. The van der Waals surface area contributed by atoms with Gasteiger partial charge in [-0.2, -0.15) is 4.98 Å². The lowest BCUT2D eigenvalue weighted by molar-refractivity contribution is 0.412. The lowest BCUT2D eigenvalue weighted by Crippen LogP contribution is -1.79. The number of hydrogen-bond donors (Lipinski definition) is 0. The van der Waals surface area contributed by atoms with E-state index in [0.29, 0.717) is 5.82 Å². The molecule has 3 nitrogen and oxygen atoms in total. The fourth-order valence-electron chi connectivity index (χ4n) is 0.376. The fraction of sp³-hybridized carbons (Fsp3) is 0.500. The van der Waals surface area contributed by atoms with E-state index in [9.17, 15) is 0 Å². The van der Waals surface area contributed by atoms with Crippen LogP contribution in [0.3, 0.4) is 0 Å². The highest BCUT2D eigenvalue weighted by atomic mass is 35.5. The van der Waals surface area contributed by atoms with Gasteiger partial charge in [0.15, 0.2) is 5.82 Å². The molecule has 1 aromatic heterocycles. The van der Waals surface area contributed by atoms with Gasteiger partial charge in [-0.1, -0.05) is 12.1 Å². The first-order chi connectivity index (χ1) is 3.83. The molecule has 0 spiro atoms. The maximum atomic E-state index is 5.30. The molecular weight excluding hydrogens is 128 g/mol. The number of rotatable bonds is 1. The van der Waals surface area contributed by atoms with Crippen LogP contribution in [0.15, 0.2) is 4.52 Å². The zero-order valence-electron chi connectivity index (χ0n) is 4.39. The van der Waals surface area contributed by atoms with E-state index >= 15 is 0 Å². The SMILES string of the molecule is CCc1noc(Cl)n1. The Balaban J connectivity index is 2.84. The van der Waals surface area contributed by atoms with E-state index in [4.69, 9.17) is 11.6 Å². The van der Waals surface area contributed by atoms with Crippen molar-refractivity contribution in [2.24, 2.45) is 0 Å². The number of hydrogen-bond acceptors (Lipinski definition) is 3. The standard InChI is InChI=1S/C4H5ClN2O/c1-2-3-6-4(5)8-7-3/h2H2,1H3. The van der Waals surface area contributed by atoms with Crippen molar-refractivity contribution in [3.8, 4) is 0 Å². The van der Waals surface area contributed by atoms with E-state index in [2.05, 4.69) is 14.7 Å². The van der Waals surface area contributed by atoms with Crippen LogP contribution in [0.2, 0.25) is 5.35 Å². The molecule has 44 valence electrons. The van der Waals surface area contributed by atoms with Gasteiger partial charge in [-0.25, -0.2) is 0 Å². The Bertz CT molecular complexity index is 174. The molecule has 1 rings (SSSR count). The van der Waals surface area contributed by atoms with Gasteiger partial charge in [-0.05, 0) is 11.6 Å². The van der Waals surface area contributed by atoms with Gasteiger partial charge in [0, 0.05) is 6.42 Å². The van der Waals surface area contributed by atoms with Gasteiger partial charge < -0.3 is 4.52 Å². The van der Waals surface area contributed by atoms with Crippen LogP contribution in [-0.2, 0) is 6.42 Å². The minimum absolute atomic E-state index is 0.113. The second kappa shape index (κ2) is 2.13. The molecule has 0 aromatic carbocycles. The van der Waals surface area contributed by atoms with Crippen molar-refractivity contribution < 1.29 is 4.52 Å². The molecule has 0 saturated carbocycles. The van der Waals surface area contributed by atoms with E-state index in [0.717, 1.165) is 6.42 Å². The highest BCUT2D eigenvalue weighted by molar-refractivity contribution is 6.27. The van der Waals surface area contributed by atoms with Gasteiger partial charge in [-0.15, -0.1) is 0 Å². The van der Waals surface area contributed by atoms with Crippen LogP contribution < -0.4 is 0 Å². The number of aromatic nitrogens is 2. The topological polar surface area (TPSA) is 38.9 Å². The van der Waals surface area contributed by atoms with Crippen LogP contribution in [0.5, 0.6) is 0 Å². The summed E-state index contributed by atoms with van der Waals surface area (Å²) in [6, 6.07) is 0. The van der Waals surface area contributed by atoms with Crippen molar-refractivity contribution in [3.63, 3.8) is 0 Å². The second-order valence-corrected chi connectivity index (χ2v) is 1.64. The summed E-state index contributed by atoms with van der Waals surface area (Å²) in [6.45, 7) is 1.93. The quantitative estimate of drug-likeness (QED) is 0.578. The van der Waals surface area contributed by atoms with E-state index in [1.54, 1.807) is 0 Å². The summed E-state index contributed by atoms with van der Waals surface area (Å²) in [4.78, 5) is 3.72. The summed E-state index contributed by atoms with van der Waals surface area (Å²) in [6.07, 6.45) is 0.760. The van der Waals surface area contributed by atoms with Crippen molar-refractivity contribution in [2.45, 2.75) is 13.3 Å². The van der Waals surface area contributed by atoms with E-state index in [1.165, 1.54) is 0 Å². The van der Waals surface area contributed by atoms with Gasteiger partial charge in [-0.3, -0.25) is 0 Å². The summed E-state index contributed by atoms with van der Waals surface area (Å²) in [5, 5.41) is 3.63. The van der Waals surface area contributed by atoms with E-state index in [1.807, 2.05) is 6.92 Å². The summed E-state index contributed by atoms with van der Waals surface area (Å²) in [5.74, 6) is 0.648. The van der Waals surface area contributed by atoms with E-state index in [-0.39, 0.29) is 5.35 Å². The molecule has 0 amide bonds. The maximum absolute atomic E-state index is 5.30. The molecule has 0 bridgehead atoms. The highest BCUT2D eigenvalue weighted by Gasteiger charge is 1.97. The minimum atomic E-state index is 0.113. The van der Waals surface area contributed by atoms with Crippen LogP contribution in [0.4, 0.5) is 0 Å². The summed E-state index contributed by atoms with van der Waals surface area (Å²) in [7, 11) is 0. The van der Waals surface area contributed by atoms with Crippen LogP contribution >= 0.6 is 11.6 Å². The molecule has 1 aromatic rings. The molecule has 0 aliphatic heterocycles. The smallest absolute Gasteiger partial charge is 0.320 e. The molecule has 0 N–H and O–H groups in total. The molecule has 0 radical (unpaired) electrons. The molecule has 8 heavy (non-hydrogen) atoms. The van der Waals surface area contributed by atoms with Crippen molar-refractivity contribution in [1.29, 1.82) is 0 Å². The Kier molecular flexibility index (Phi) is 1.48. The van der Waals surface area contributed by atoms with Crippen LogP contribution in [0.1, 0.15) is 12.7 Å². The number of nitrogens with zero attached hydrogens (tertiary/aromatic N) is 2. The second-order valence-electron chi connectivity index (χ2n) is 1.32. The fourth-order valence-corrected chi connectivity index (χ4v) is 0.508. The third-order valence-corrected chi connectivity index (χ3v) is 0.913. The van der Waals surface area contributed by atoms with Crippen molar-refractivity contribution in [3.05, 3.63) is 11.2 Å². The maximum Gasteiger partial charge on any atom is 0.320 e. The number of halogens is 1. The van der Waals surface area contributed by atoms with Crippen molar-refractivity contribution >= 4 is 11.6 Å². The van der Waals surface area contributed by atoms with Crippen LogP contribution in [-0.4, -0.2) is 10.1 Å². The molecule has 0 aliphatic carbocycles. The Morgan fingerprint density at radius 1 is 1.75 bits per heavy atom.